The van der Waals surface area contributed by atoms with Crippen molar-refractivity contribution in [2.24, 2.45) is 0 Å². The molecule has 2 aromatic heterocycles. The molecular formula is C6H5N3O. The molecule has 0 spiro atoms. The second-order valence-electron chi connectivity index (χ2n) is 1.91. The van der Waals surface area contributed by atoms with Crippen LogP contribution in [-0.2, 0) is 0 Å². The van der Waals surface area contributed by atoms with Crippen LogP contribution in [0.25, 0.3) is 11.1 Å². The molecule has 0 radical (unpaired) electrons. The highest BCUT2D eigenvalue weighted by Gasteiger charge is 1.99. The van der Waals surface area contributed by atoms with Gasteiger partial charge < -0.3 is 4.42 Å². The highest BCUT2D eigenvalue weighted by molar-refractivity contribution is 5.74. The highest BCUT2D eigenvalue weighted by Crippen LogP contribution is 2.10. The Morgan fingerprint density at radius 1 is 1.70 bits per heavy atom. The van der Waals surface area contributed by atoms with Crippen molar-refractivity contribution in [3.8, 4) is 0 Å². The number of fused-ring (bicyclic) bond motifs is 1. The van der Waals surface area contributed by atoms with Crippen molar-refractivity contribution < 1.29 is 4.42 Å². The van der Waals surface area contributed by atoms with Gasteiger partial charge in [0.25, 0.3) is 0 Å². The molecule has 0 aliphatic carbocycles. The lowest BCUT2D eigenvalue weighted by atomic mass is 10.5. The molecule has 2 heterocycles. The van der Waals surface area contributed by atoms with Crippen molar-refractivity contribution in [3.63, 3.8) is 0 Å². The molecule has 0 fully saturated rings. The van der Waals surface area contributed by atoms with E-state index in [9.17, 15) is 0 Å². The summed E-state index contributed by atoms with van der Waals surface area (Å²) in [5.74, 6) is 0. The second-order valence-corrected chi connectivity index (χ2v) is 1.91. The molecule has 0 atom stereocenters. The fraction of sp³-hybridized carbons (Fsp3) is 0. The molecule has 0 unspecified atom stereocenters. The maximum Gasteiger partial charge on any atom is 0.172 e. The largest absolute Gasteiger partial charge is 0.461 e. The van der Waals surface area contributed by atoms with Gasteiger partial charge in [-0.3, -0.25) is 5.41 Å². The molecule has 2 rings (SSSR count). The molecule has 2 aromatic rings. The monoisotopic (exact) mass is 135 g/mol. The summed E-state index contributed by atoms with van der Waals surface area (Å²) < 4.78 is 6.41. The van der Waals surface area contributed by atoms with Crippen LogP contribution in [0.4, 0.5) is 0 Å². The Labute approximate surface area is 56.6 Å². The van der Waals surface area contributed by atoms with Crippen LogP contribution in [0, 0.1) is 5.41 Å². The van der Waals surface area contributed by atoms with Gasteiger partial charge in [-0.05, 0) is 0 Å². The maximum absolute atomic E-state index is 6.85. The Morgan fingerprint density at radius 3 is 3.30 bits per heavy atom. The van der Waals surface area contributed by atoms with Gasteiger partial charge in [0.2, 0.25) is 0 Å². The highest BCUT2D eigenvalue weighted by atomic mass is 16.3. The molecule has 1 N–H and O–H groups in total. The average Bonchev–Trinajstić information content (AvgIpc) is 2.42. The fourth-order valence-electron chi connectivity index (χ4n) is 0.833. The molecule has 4 heteroatoms. The number of nitrogens with one attached hydrogen (secondary N) is 1. The summed E-state index contributed by atoms with van der Waals surface area (Å²) >= 11 is 0. The fourth-order valence-corrected chi connectivity index (χ4v) is 0.833. The van der Waals surface area contributed by atoms with Crippen LogP contribution in [0.15, 0.2) is 22.9 Å². The van der Waals surface area contributed by atoms with Crippen molar-refractivity contribution in [2.75, 3.05) is 0 Å². The van der Waals surface area contributed by atoms with Gasteiger partial charge in [0.05, 0.1) is 12.5 Å². The molecule has 4 nitrogen and oxygen atoms in total. The predicted octanol–water partition coefficient (Wildman–Crippen LogP) is 1.08. The zero-order chi connectivity index (χ0) is 6.97. The Bertz CT molecular complexity index is 331. The molecular weight excluding hydrogens is 130 g/mol. The zero-order valence-electron chi connectivity index (χ0n) is 5.11. The lowest BCUT2D eigenvalue weighted by molar-refractivity contribution is 0.614. The van der Waals surface area contributed by atoms with Crippen molar-refractivity contribution in [1.29, 1.82) is 5.41 Å². The van der Waals surface area contributed by atoms with Crippen LogP contribution >= 0.6 is 0 Å². The van der Waals surface area contributed by atoms with Crippen LogP contribution in [0.5, 0.6) is 0 Å². The Hall–Kier alpha value is -1.58. The van der Waals surface area contributed by atoms with E-state index in [4.69, 9.17) is 9.83 Å². The quantitative estimate of drug-likeness (QED) is 0.470. The van der Waals surface area contributed by atoms with E-state index < -0.39 is 0 Å². The van der Waals surface area contributed by atoms with E-state index in [1.807, 2.05) is 0 Å². The number of hydrogen-bond donors (Lipinski definition) is 1. The van der Waals surface area contributed by atoms with E-state index in [-0.39, 0.29) is 0 Å². The van der Waals surface area contributed by atoms with Gasteiger partial charge in [-0.25, -0.2) is 4.68 Å². The first-order chi connectivity index (χ1) is 4.90. The van der Waals surface area contributed by atoms with E-state index in [1.54, 1.807) is 18.5 Å². The lowest BCUT2D eigenvalue weighted by Crippen LogP contribution is -1.92. The average molecular weight is 135 g/mol. The predicted molar refractivity (Wildman–Crippen MR) is 36.2 cm³/mol. The van der Waals surface area contributed by atoms with Crippen LogP contribution in [-0.4, -0.2) is 16.1 Å². The minimum atomic E-state index is 0.712. The Kier molecular flexibility index (Phi) is 0.887. The van der Waals surface area contributed by atoms with Gasteiger partial charge in [-0.15, -0.1) is 0 Å². The van der Waals surface area contributed by atoms with Gasteiger partial charge >= 0.3 is 0 Å². The third-order valence-electron chi connectivity index (χ3n) is 1.28. The first-order valence-electron chi connectivity index (χ1n) is 2.83. The second kappa shape index (κ2) is 1.70. The van der Waals surface area contributed by atoms with Crippen molar-refractivity contribution in [3.05, 3.63) is 18.5 Å². The van der Waals surface area contributed by atoms with Crippen LogP contribution in [0.1, 0.15) is 0 Å². The summed E-state index contributed by atoms with van der Waals surface area (Å²) in [7, 11) is 0. The maximum atomic E-state index is 6.85. The van der Waals surface area contributed by atoms with E-state index in [0.717, 1.165) is 11.9 Å². The van der Waals surface area contributed by atoms with Crippen LogP contribution < -0.4 is 0 Å². The normalized spacial score (nSPS) is 10.4. The first kappa shape index (κ1) is 5.22. The number of hydrogen-bond acceptors (Lipinski definition) is 3. The van der Waals surface area contributed by atoms with E-state index >= 15 is 0 Å². The third-order valence-corrected chi connectivity index (χ3v) is 1.28. The molecule has 0 bridgehead atoms. The number of rotatable bonds is 1. The summed E-state index contributed by atoms with van der Waals surface area (Å²) in [6.45, 7) is 0. The molecule has 10 heavy (non-hydrogen) atoms. The molecule has 0 aliphatic heterocycles. The molecule has 0 saturated carbocycles. The van der Waals surface area contributed by atoms with Crippen molar-refractivity contribution in [2.45, 2.75) is 0 Å². The Morgan fingerprint density at radius 2 is 2.60 bits per heavy atom. The number of nitrogens with zero attached hydrogens (tertiary/aromatic N) is 2. The van der Waals surface area contributed by atoms with Gasteiger partial charge in [-0.1, -0.05) is 0 Å². The molecule has 0 aromatic carbocycles. The summed E-state index contributed by atoms with van der Waals surface area (Å²) in [6.07, 6.45) is 4.35. The molecule has 50 valence electrons. The standard InChI is InChI=1S/C6H5N3O/c7-4-9-3-6-5(8-9)1-2-10-6/h1-4,7H. The summed E-state index contributed by atoms with van der Waals surface area (Å²) in [4.78, 5) is 0. The van der Waals surface area contributed by atoms with Crippen LogP contribution in [0.3, 0.4) is 0 Å². The van der Waals surface area contributed by atoms with Crippen LogP contribution in [0.2, 0.25) is 0 Å². The van der Waals surface area contributed by atoms with Crippen molar-refractivity contribution >= 4 is 17.4 Å². The smallest absolute Gasteiger partial charge is 0.172 e. The van der Waals surface area contributed by atoms with E-state index in [1.165, 1.54) is 4.68 Å². The summed E-state index contributed by atoms with van der Waals surface area (Å²) in [5, 5.41) is 10.8. The SMILES string of the molecule is N=Cn1cc2occc2n1. The minimum absolute atomic E-state index is 0.712. The van der Waals surface area contributed by atoms with Gasteiger partial charge in [0.1, 0.15) is 11.9 Å². The lowest BCUT2D eigenvalue weighted by Gasteiger charge is -1.80. The third kappa shape index (κ3) is 0.556. The van der Waals surface area contributed by atoms with Gasteiger partial charge in [-0.2, -0.15) is 5.10 Å². The van der Waals surface area contributed by atoms with E-state index in [2.05, 4.69) is 5.10 Å². The van der Waals surface area contributed by atoms with Gasteiger partial charge in [0, 0.05) is 6.07 Å². The molecule has 0 amide bonds. The topological polar surface area (TPSA) is 54.8 Å². The number of aromatic nitrogens is 2. The van der Waals surface area contributed by atoms with Gasteiger partial charge in [0.15, 0.2) is 5.58 Å². The summed E-state index contributed by atoms with van der Waals surface area (Å²) in [5.41, 5.74) is 1.49. The minimum Gasteiger partial charge on any atom is -0.461 e. The Balaban J connectivity index is 2.78. The summed E-state index contributed by atoms with van der Waals surface area (Å²) in [6, 6.07) is 1.76. The first-order valence-corrected chi connectivity index (χ1v) is 2.83. The van der Waals surface area contributed by atoms with Crippen molar-refractivity contribution in [1.82, 2.24) is 9.78 Å². The molecule has 0 aliphatic rings. The zero-order valence-corrected chi connectivity index (χ0v) is 5.11. The molecule has 0 saturated heterocycles. The van der Waals surface area contributed by atoms with E-state index in [0.29, 0.717) is 5.58 Å². The number of furan rings is 1.